The van der Waals surface area contributed by atoms with Crippen LogP contribution in [0.3, 0.4) is 0 Å². The molecule has 106 valence electrons. The topological polar surface area (TPSA) is 90.4 Å². The van der Waals surface area contributed by atoms with Crippen LogP contribution in [0.4, 0.5) is 5.82 Å². The summed E-state index contributed by atoms with van der Waals surface area (Å²) in [5.74, 6) is 0.566. The molecule has 0 saturated carbocycles. The molecule has 2 aromatic rings. The molecular formula is C12H13N3O4S. The van der Waals surface area contributed by atoms with Crippen LogP contribution in [0.2, 0.25) is 0 Å². The van der Waals surface area contributed by atoms with Crippen LogP contribution in [0.25, 0.3) is 0 Å². The normalized spacial score (nSPS) is 10.9. The minimum absolute atomic E-state index is 0.0258. The van der Waals surface area contributed by atoms with Gasteiger partial charge in [-0.1, -0.05) is 6.07 Å². The number of hydrogen-bond donors (Lipinski definition) is 1. The first kappa shape index (κ1) is 14.1. The monoisotopic (exact) mass is 295 g/mol. The highest BCUT2D eigenvalue weighted by molar-refractivity contribution is 7.92. The first-order valence-corrected chi connectivity index (χ1v) is 7.07. The van der Waals surface area contributed by atoms with E-state index in [2.05, 4.69) is 14.7 Å². The van der Waals surface area contributed by atoms with Gasteiger partial charge in [0.05, 0.1) is 19.1 Å². The molecule has 1 aromatic carbocycles. The highest BCUT2D eigenvalue weighted by Crippen LogP contribution is 2.23. The Bertz CT molecular complexity index is 703. The number of sulfonamides is 1. The van der Waals surface area contributed by atoms with E-state index in [-0.39, 0.29) is 16.6 Å². The van der Waals surface area contributed by atoms with Crippen molar-refractivity contribution < 1.29 is 17.9 Å². The van der Waals surface area contributed by atoms with Gasteiger partial charge < -0.3 is 9.47 Å². The maximum Gasteiger partial charge on any atom is 0.263 e. The number of nitrogens with zero attached hydrogens (tertiary/aromatic N) is 2. The molecule has 0 aliphatic rings. The zero-order valence-corrected chi connectivity index (χ0v) is 11.7. The van der Waals surface area contributed by atoms with Gasteiger partial charge in [0.2, 0.25) is 5.82 Å². The molecular weight excluding hydrogens is 282 g/mol. The van der Waals surface area contributed by atoms with Gasteiger partial charge in [-0.25, -0.2) is 18.4 Å². The van der Waals surface area contributed by atoms with Crippen molar-refractivity contribution in [3.63, 3.8) is 0 Å². The summed E-state index contributed by atoms with van der Waals surface area (Å²) < 4.78 is 36.8. The first-order chi connectivity index (χ1) is 9.56. The van der Waals surface area contributed by atoms with Crippen LogP contribution < -0.4 is 14.2 Å². The number of aromatic nitrogens is 2. The number of methoxy groups -OCH3 is 2. The Hall–Kier alpha value is -2.35. The molecule has 0 fully saturated rings. The molecule has 0 amide bonds. The van der Waals surface area contributed by atoms with Gasteiger partial charge in [0, 0.05) is 18.5 Å². The van der Waals surface area contributed by atoms with E-state index in [4.69, 9.17) is 9.47 Å². The Morgan fingerprint density at radius 3 is 2.55 bits per heavy atom. The van der Waals surface area contributed by atoms with Crippen LogP contribution in [0.1, 0.15) is 0 Å². The fourth-order valence-electron chi connectivity index (χ4n) is 1.50. The Morgan fingerprint density at radius 2 is 1.85 bits per heavy atom. The molecule has 1 aromatic heterocycles. The van der Waals surface area contributed by atoms with E-state index in [0.29, 0.717) is 5.75 Å². The molecule has 2 rings (SSSR count). The highest BCUT2D eigenvalue weighted by atomic mass is 32.2. The van der Waals surface area contributed by atoms with Crippen molar-refractivity contribution in [1.29, 1.82) is 0 Å². The van der Waals surface area contributed by atoms with Crippen LogP contribution in [-0.2, 0) is 10.0 Å². The summed E-state index contributed by atoms with van der Waals surface area (Å²) in [4.78, 5) is 7.83. The summed E-state index contributed by atoms with van der Waals surface area (Å²) in [6, 6.07) is 6.10. The lowest BCUT2D eigenvalue weighted by Gasteiger charge is -2.10. The summed E-state index contributed by atoms with van der Waals surface area (Å²) in [5.41, 5.74) is 0. The second kappa shape index (κ2) is 5.74. The molecule has 0 atom stereocenters. The summed E-state index contributed by atoms with van der Waals surface area (Å²) >= 11 is 0. The molecule has 0 saturated heterocycles. The molecule has 0 spiro atoms. The standard InChI is InChI=1S/C12H13N3O4S/c1-18-9-4-3-5-10(8-9)20(16,17)15-11-12(19-2)14-7-6-13-11/h3-8H,1-2H3,(H,13,15). The minimum atomic E-state index is -3.79. The lowest BCUT2D eigenvalue weighted by atomic mass is 10.3. The van der Waals surface area contributed by atoms with E-state index >= 15 is 0 Å². The SMILES string of the molecule is COc1cccc(S(=O)(=O)Nc2nccnc2OC)c1. The van der Waals surface area contributed by atoms with E-state index < -0.39 is 10.0 Å². The molecule has 0 aliphatic carbocycles. The van der Waals surface area contributed by atoms with E-state index in [1.54, 1.807) is 12.1 Å². The average molecular weight is 295 g/mol. The Balaban J connectivity index is 2.35. The third kappa shape index (κ3) is 2.97. The maximum absolute atomic E-state index is 12.2. The summed E-state index contributed by atoms with van der Waals surface area (Å²) in [6.07, 6.45) is 2.77. The fourth-order valence-corrected chi connectivity index (χ4v) is 2.54. The minimum Gasteiger partial charge on any atom is -0.497 e. The van der Waals surface area contributed by atoms with Crippen molar-refractivity contribution in [1.82, 2.24) is 9.97 Å². The molecule has 0 aliphatic heterocycles. The van der Waals surface area contributed by atoms with Gasteiger partial charge in [0.1, 0.15) is 5.75 Å². The van der Waals surface area contributed by atoms with E-state index in [1.807, 2.05) is 0 Å². The number of anilines is 1. The lowest BCUT2D eigenvalue weighted by Crippen LogP contribution is -2.15. The van der Waals surface area contributed by atoms with Crippen molar-refractivity contribution >= 4 is 15.8 Å². The average Bonchev–Trinajstić information content (AvgIpc) is 2.47. The van der Waals surface area contributed by atoms with Gasteiger partial charge in [0.15, 0.2) is 0 Å². The van der Waals surface area contributed by atoms with Gasteiger partial charge >= 0.3 is 0 Å². The summed E-state index contributed by atoms with van der Waals surface area (Å²) in [7, 11) is -0.946. The van der Waals surface area contributed by atoms with E-state index in [1.165, 1.54) is 38.7 Å². The van der Waals surface area contributed by atoms with E-state index in [0.717, 1.165) is 0 Å². The number of rotatable bonds is 5. The van der Waals surface area contributed by atoms with Gasteiger partial charge in [-0.15, -0.1) is 0 Å². The van der Waals surface area contributed by atoms with Crippen LogP contribution in [0.15, 0.2) is 41.6 Å². The molecule has 1 heterocycles. The molecule has 0 bridgehead atoms. The first-order valence-electron chi connectivity index (χ1n) is 5.58. The van der Waals surface area contributed by atoms with Crippen molar-refractivity contribution in [3.8, 4) is 11.6 Å². The van der Waals surface area contributed by atoms with Gasteiger partial charge in [-0.2, -0.15) is 0 Å². The van der Waals surface area contributed by atoms with Crippen LogP contribution in [-0.4, -0.2) is 32.6 Å². The van der Waals surface area contributed by atoms with Gasteiger partial charge in [0.25, 0.3) is 15.9 Å². The fraction of sp³-hybridized carbons (Fsp3) is 0.167. The van der Waals surface area contributed by atoms with Gasteiger partial charge in [-0.05, 0) is 12.1 Å². The highest BCUT2D eigenvalue weighted by Gasteiger charge is 2.18. The summed E-state index contributed by atoms with van der Waals surface area (Å²) in [5, 5.41) is 0. The molecule has 1 N–H and O–H groups in total. The Morgan fingerprint density at radius 1 is 1.10 bits per heavy atom. The van der Waals surface area contributed by atoms with Crippen LogP contribution in [0.5, 0.6) is 11.6 Å². The molecule has 0 unspecified atom stereocenters. The third-order valence-corrected chi connectivity index (χ3v) is 3.78. The van der Waals surface area contributed by atoms with Crippen molar-refractivity contribution in [3.05, 3.63) is 36.7 Å². The second-order valence-corrected chi connectivity index (χ2v) is 5.38. The summed E-state index contributed by atoms with van der Waals surface area (Å²) in [6.45, 7) is 0. The number of benzene rings is 1. The zero-order valence-electron chi connectivity index (χ0n) is 10.9. The molecule has 0 radical (unpaired) electrons. The lowest BCUT2D eigenvalue weighted by molar-refractivity contribution is 0.398. The maximum atomic E-state index is 12.2. The van der Waals surface area contributed by atoms with Crippen LogP contribution >= 0.6 is 0 Å². The number of hydrogen-bond acceptors (Lipinski definition) is 6. The molecule has 20 heavy (non-hydrogen) atoms. The zero-order chi connectivity index (χ0) is 14.6. The largest absolute Gasteiger partial charge is 0.497 e. The Labute approximate surface area is 116 Å². The quantitative estimate of drug-likeness (QED) is 0.894. The van der Waals surface area contributed by atoms with Crippen molar-refractivity contribution in [2.75, 3.05) is 18.9 Å². The smallest absolute Gasteiger partial charge is 0.263 e. The Kier molecular flexibility index (Phi) is 4.04. The van der Waals surface area contributed by atoms with E-state index in [9.17, 15) is 8.42 Å². The van der Waals surface area contributed by atoms with Gasteiger partial charge in [-0.3, -0.25) is 4.72 Å². The number of ether oxygens (including phenoxy) is 2. The molecule has 8 heteroatoms. The molecule has 7 nitrogen and oxygen atoms in total. The predicted octanol–water partition coefficient (Wildman–Crippen LogP) is 1.29. The van der Waals surface area contributed by atoms with Crippen molar-refractivity contribution in [2.24, 2.45) is 0 Å². The van der Waals surface area contributed by atoms with Crippen LogP contribution in [0, 0.1) is 0 Å². The van der Waals surface area contributed by atoms with Crippen molar-refractivity contribution in [2.45, 2.75) is 4.90 Å². The second-order valence-electron chi connectivity index (χ2n) is 3.70. The predicted molar refractivity (Wildman–Crippen MR) is 72.4 cm³/mol. The number of nitrogens with one attached hydrogen (secondary N) is 1. The third-order valence-electron chi connectivity index (χ3n) is 2.44.